The standard InChI is InChI=1S/C20H19N5O4/c26-19(15-4-3-5-16(14-15)25(27)28)22-20-21-17-6-1-2-7-18(17)24(20)9-8-23-10-12-29-13-11-23/h1-2,4,6-7,14H,8-13H2,(H,21,22,26). The molecular weight excluding hydrogens is 374 g/mol. The average molecular weight is 393 g/mol. The maximum atomic E-state index is 12.7. The molecule has 0 aliphatic carbocycles. The van der Waals surface area contributed by atoms with Crippen molar-refractivity contribution < 1.29 is 14.5 Å². The summed E-state index contributed by atoms with van der Waals surface area (Å²) in [4.78, 5) is 29.8. The Hall–Kier alpha value is -3.48. The molecule has 3 aromatic rings. The fraction of sp³-hybridized carbons (Fsp3) is 0.300. The molecule has 1 fully saturated rings. The molecule has 2 aromatic carbocycles. The second-order valence-corrected chi connectivity index (χ2v) is 6.64. The summed E-state index contributed by atoms with van der Waals surface area (Å²) in [5, 5.41) is 13.7. The molecule has 0 unspecified atom stereocenters. The van der Waals surface area contributed by atoms with Gasteiger partial charge in [0.1, 0.15) is 0 Å². The molecule has 0 saturated carbocycles. The number of fused-ring (bicyclic) bond motifs is 1. The minimum absolute atomic E-state index is 0.127. The number of imidazole rings is 1. The van der Waals surface area contributed by atoms with Gasteiger partial charge in [0.15, 0.2) is 0 Å². The predicted octanol–water partition coefficient (Wildman–Crippen LogP) is 2.13. The van der Waals surface area contributed by atoms with Crippen molar-refractivity contribution >= 4 is 28.6 Å². The highest BCUT2D eigenvalue weighted by Crippen LogP contribution is 2.21. The van der Waals surface area contributed by atoms with Crippen LogP contribution in [0.15, 0.2) is 36.4 Å². The molecule has 1 aliphatic heterocycles. The predicted molar refractivity (Wildman–Crippen MR) is 106 cm³/mol. The number of benzene rings is 1. The van der Waals surface area contributed by atoms with Gasteiger partial charge in [-0.15, -0.1) is 0 Å². The molecule has 9 nitrogen and oxygen atoms in total. The van der Waals surface area contributed by atoms with E-state index in [1.165, 1.54) is 12.1 Å². The molecule has 29 heavy (non-hydrogen) atoms. The molecule has 1 aromatic heterocycles. The molecule has 0 radical (unpaired) electrons. The number of nitrogens with zero attached hydrogens (tertiary/aromatic N) is 4. The Morgan fingerprint density at radius 3 is 2.86 bits per heavy atom. The first kappa shape index (κ1) is 18.9. The number of carbonyl (C=O) groups is 1. The first-order valence-electron chi connectivity index (χ1n) is 9.26. The molecular formula is C20H19N5O4. The van der Waals surface area contributed by atoms with Crippen LogP contribution >= 0.6 is 0 Å². The van der Waals surface area contributed by atoms with Gasteiger partial charge in [0.05, 0.1) is 34.7 Å². The van der Waals surface area contributed by atoms with E-state index < -0.39 is 10.8 Å². The number of rotatable bonds is 6. The third kappa shape index (κ3) is 4.18. The lowest BCUT2D eigenvalue weighted by Crippen LogP contribution is -2.38. The van der Waals surface area contributed by atoms with Gasteiger partial charge in [-0.25, -0.2) is 4.98 Å². The van der Waals surface area contributed by atoms with E-state index in [0.717, 1.165) is 30.7 Å². The van der Waals surface area contributed by atoms with E-state index in [2.05, 4.69) is 27.3 Å². The van der Waals surface area contributed by atoms with Crippen LogP contribution in [0.4, 0.5) is 11.6 Å². The van der Waals surface area contributed by atoms with Crippen LogP contribution in [0.3, 0.4) is 0 Å². The van der Waals surface area contributed by atoms with Gasteiger partial charge < -0.3 is 9.30 Å². The maximum absolute atomic E-state index is 12.7. The van der Waals surface area contributed by atoms with Gasteiger partial charge in [-0.05, 0) is 12.1 Å². The summed E-state index contributed by atoms with van der Waals surface area (Å²) in [6, 6.07) is 15.1. The van der Waals surface area contributed by atoms with Crippen molar-refractivity contribution in [1.82, 2.24) is 14.5 Å². The zero-order chi connectivity index (χ0) is 20.2. The van der Waals surface area contributed by atoms with Gasteiger partial charge in [-0.3, -0.25) is 25.1 Å². The SMILES string of the molecule is O=C(Nc1nc2ccccc2n1CCN1CCOCC1)c1cc#cc([N+](=O)[O-])c1. The van der Waals surface area contributed by atoms with Crippen LogP contribution < -0.4 is 5.32 Å². The molecule has 0 atom stereocenters. The van der Waals surface area contributed by atoms with Gasteiger partial charge in [-0.2, -0.15) is 0 Å². The number of morpholine rings is 1. The third-order valence-electron chi connectivity index (χ3n) is 4.80. The van der Waals surface area contributed by atoms with Gasteiger partial charge in [0.25, 0.3) is 5.91 Å². The number of hydrogen-bond acceptors (Lipinski definition) is 6. The van der Waals surface area contributed by atoms with Crippen molar-refractivity contribution in [3.63, 3.8) is 0 Å². The molecule has 2 heterocycles. The highest BCUT2D eigenvalue weighted by Gasteiger charge is 2.17. The smallest absolute Gasteiger partial charge is 0.320 e. The number of nitro groups is 1. The molecule has 0 bridgehead atoms. The Morgan fingerprint density at radius 2 is 2.07 bits per heavy atom. The third-order valence-corrected chi connectivity index (χ3v) is 4.80. The number of anilines is 1. The Labute approximate surface area is 167 Å². The summed E-state index contributed by atoms with van der Waals surface area (Å²) in [5.41, 5.74) is 1.50. The summed E-state index contributed by atoms with van der Waals surface area (Å²) in [5.74, 6) is -0.0822. The van der Waals surface area contributed by atoms with E-state index in [1.54, 1.807) is 0 Å². The molecule has 1 saturated heterocycles. The highest BCUT2D eigenvalue weighted by molar-refractivity contribution is 6.04. The first-order valence-corrected chi connectivity index (χ1v) is 9.26. The van der Waals surface area contributed by atoms with Crippen LogP contribution in [-0.4, -0.2) is 58.1 Å². The van der Waals surface area contributed by atoms with E-state index in [1.807, 2.05) is 28.8 Å². The molecule has 9 heteroatoms. The van der Waals surface area contributed by atoms with Crippen molar-refractivity contribution in [2.75, 3.05) is 38.2 Å². The fourth-order valence-electron chi connectivity index (χ4n) is 3.28. The fourth-order valence-corrected chi connectivity index (χ4v) is 3.28. The normalized spacial score (nSPS) is 14.5. The summed E-state index contributed by atoms with van der Waals surface area (Å²) < 4.78 is 7.34. The van der Waals surface area contributed by atoms with Crippen molar-refractivity contribution in [3.05, 3.63) is 64.2 Å². The summed E-state index contributed by atoms with van der Waals surface area (Å²) in [6.07, 6.45) is 0. The van der Waals surface area contributed by atoms with Crippen LogP contribution in [0.2, 0.25) is 0 Å². The lowest BCUT2D eigenvalue weighted by molar-refractivity contribution is -0.384. The largest absolute Gasteiger partial charge is 0.379 e. The lowest BCUT2D eigenvalue weighted by Gasteiger charge is -2.26. The molecule has 4 rings (SSSR count). The minimum Gasteiger partial charge on any atom is -0.379 e. The van der Waals surface area contributed by atoms with Gasteiger partial charge in [0.2, 0.25) is 5.95 Å². The Kier molecular flexibility index (Phi) is 5.37. The average Bonchev–Trinajstić information content (AvgIpc) is 3.10. The molecule has 1 amide bonds. The lowest BCUT2D eigenvalue weighted by atomic mass is 10.2. The second kappa shape index (κ2) is 8.26. The molecule has 1 N–H and O–H groups in total. The summed E-state index contributed by atoms with van der Waals surface area (Å²) in [7, 11) is 0. The minimum atomic E-state index is -0.606. The summed E-state index contributed by atoms with van der Waals surface area (Å²) in [6.45, 7) is 4.61. The number of hydrogen-bond donors (Lipinski definition) is 1. The number of carbonyl (C=O) groups excluding carboxylic acids is 1. The second-order valence-electron chi connectivity index (χ2n) is 6.64. The molecule has 0 spiro atoms. The monoisotopic (exact) mass is 393 g/mol. The van der Waals surface area contributed by atoms with E-state index in [0.29, 0.717) is 25.7 Å². The number of aromatic nitrogens is 2. The number of para-hydroxylation sites is 2. The van der Waals surface area contributed by atoms with E-state index in [9.17, 15) is 14.9 Å². The van der Waals surface area contributed by atoms with E-state index in [-0.39, 0.29) is 11.3 Å². The number of amides is 1. The number of ether oxygens (including phenoxy) is 1. The first-order chi connectivity index (χ1) is 14.1. The van der Waals surface area contributed by atoms with Gasteiger partial charge >= 0.3 is 5.69 Å². The van der Waals surface area contributed by atoms with Crippen molar-refractivity contribution in [3.8, 4) is 0 Å². The highest BCUT2D eigenvalue weighted by atomic mass is 16.6. The van der Waals surface area contributed by atoms with Crippen molar-refractivity contribution in [2.45, 2.75) is 6.54 Å². The molecule has 148 valence electrons. The topological polar surface area (TPSA) is 103 Å². The quantitative estimate of drug-likeness (QED) is 0.508. The Morgan fingerprint density at radius 1 is 1.28 bits per heavy atom. The van der Waals surface area contributed by atoms with E-state index >= 15 is 0 Å². The van der Waals surface area contributed by atoms with Crippen LogP contribution in [0.5, 0.6) is 0 Å². The maximum Gasteiger partial charge on any atom is 0.320 e. The van der Waals surface area contributed by atoms with Crippen LogP contribution in [-0.2, 0) is 11.3 Å². The summed E-state index contributed by atoms with van der Waals surface area (Å²) >= 11 is 0. The Bertz CT molecular complexity index is 1040. The van der Waals surface area contributed by atoms with Gasteiger partial charge in [0, 0.05) is 44.4 Å². The number of nitrogens with one attached hydrogen (secondary N) is 1. The van der Waals surface area contributed by atoms with Crippen LogP contribution in [0, 0.1) is 22.2 Å². The zero-order valence-corrected chi connectivity index (χ0v) is 15.6. The van der Waals surface area contributed by atoms with Crippen molar-refractivity contribution in [2.24, 2.45) is 0 Å². The van der Waals surface area contributed by atoms with Crippen LogP contribution in [0.1, 0.15) is 10.4 Å². The Balaban J connectivity index is 1.58. The van der Waals surface area contributed by atoms with Crippen LogP contribution in [0.25, 0.3) is 11.0 Å². The molecule has 1 aliphatic rings. The van der Waals surface area contributed by atoms with E-state index in [4.69, 9.17) is 4.74 Å². The van der Waals surface area contributed by atoms with Gasteiger partial charge in [-0.1, -0.05) is 18.2 Å². The van der Waals surface area contributed by atoms with Crippen molar-refractivity contribution in [1.29, 1.82) is 0 Å². The zero-order valence-electron chi connectivity index (χ0n) is 15.6.